The second kappa shape index (κ2) is 11.1. The van der Waals surface area contributed by atoms with Crippen molar-refractivity contribution in [2.45, 2.75) is 26.4 Å². The van der Waals surface area contributed by atoms with Crippen LogP contribution in [0.1, 0.15) is 35.7 Å². The van der Waals surface area contributed by atoms with E-state index in [1.54, 1.807) is 10.9 Å². The average molecular weight is 560 g/mol. The van der Waals surface area contributed by atoms with Crippen LogP contribution < -0.4 is 15.2 Å². The molecule has 1 saturated heterocycles. The van der Waals surface area contributed by atoms with Gasteiger partial charge in [-0.25, -0.2) is 4.68 Å². The maximum Gasteiger partial charge on any atom is 0.253 e. The van der Waals surface area contributed by atoms with Gasteiger partial charge in [-0.05, 0) is 78.4 Å². The molecule has 1 N–H and O–H groups in total. The minimum Gasteiger partial charge on any atom is -0.494 e. The number of piperazine rings is 1. The molecule has 0 spiro atoms. The van der Waals surface area contributed by atoms with Crippen molar-refractivity contribution in [3.63, 3.8) is 0 Å². The van der Waals surface area contributed by atoms with Gasteiger partial charge in [0.2, 0.25) is 0 Å². The number of tetrazole rings is 1. The summed E-state index contributed by atoms with van der Waals surface area (Å²) in [5, 5.41) is 14.3. The van der Waals surface area contributed by atoms with Gasteiger partial charge in [0.1, 0.15) is 24.1 Å². The summed E-state index contributed by atoms with van der Waals surface area (Å²) in [5.74, 6) is 2.05. The van der Waals surface area contributed by atoms with Crippen LogP contribution in [0, 0.1) is 6.92 Å². The highest BCUT2D eigenvalue weighted by Gasteiger charge is 2.33. The number of aromatic amines is 1. The van der Waals surface area contributed by atoms with Crippen LogP contribution in [-0.2, 0) is 6.54 Å². The van der Waals surface area contributed by atoms with Gasteiger partial charge in [-0.15, -0.1) is 5.10 Å². The third kappa shape index (κ3) is 5.20. The topological polar surface area (TPSA) is 105 Å². The lowest BCUT2D eigenvalue weighted by Gasteiger charge is -2.40. The summed E-state index contributed by atoms with van der Waals surface area (Å²) < 4.78 is 13.0. The molecule has 3 aromatic heterocycles. The summed E-state index contributed by atoms with van der Waals surface area (Å²) in [6.45, 7) is 7.86. The molecule has 1 fully saturated rings. The number of benzene rings is 2. The normalized spacial score (nSPS) is 15.0. The summed E-state index contributed by atoms with van der Waals surface area (Å²) in [7, 11) is 0. The molecule has 1 atom stereocenters. The van der Waals surface area contributed by atoms with E-state index in [1.807, 2.05) is 61.5 Å². The fraction of sp³-hybridized carbons (Fsp3) is 0.310. The van der Waals surface area contributed by atoms with E-state index in [4.69, 9.17) is 20.8 Å². The Kier molecular flexibility index (Phi) is 7.27. The maximum atomic E-state index is 13.6. The van der Waals surface area contributed by atoms with Crippen LogP contribution in [0.2, 0.25) is 5.02 Å². The van der Waals surface area contributed by atoms with Crippen LogP contribution in [-0.4, -0.2) is 62.9 Å². The van der Waals surface area contributed by atoms with Gasteiger partial charge in [-0.2, -0.15) is 0 Å². The molecule has 0 unspecified atom stereocenters. The molecular formula is C29H30ClN7O3. The molecular weight excluding hydrogens is 530 g/mol. The minimum atomic E-state index is -0.475. The Morgan fingerprint density at radius 3 is 2.73 bits per heavy atom. The first kappa shape index (κ1) is 26.1. The van der Waals surface area contributed by atoms with Crippen LogP contribution in [0.15, 0.2) is 70.1 Å². The Morgan fingerprint density at radius 1 is 1.10 bits per heavy atom. The number of hydrogen-bond donors (Lipinski definition) is 1. The Morgan fingerprint density at radius 2 is 1.95 bits per heavy atom. The number of furan rings is 1. The van der Waals surface area contributed by atoms with Crippen molar-refractivity contribution in [1.82, 2.24) is 30.1 Å². The number of anilines is 1. The van der Waals surface area contributed by atoms with Gasteiger partial charge < -0.3 is 19.0 Å². The van der Waals surface area contributed by atoms with Gasteiger partial charge in [0, 0.05) is 53.4 Å². The number of fused-ring (bicyclic) bond motifs is 1. The molecule has 0 radical (unpaired) electrons. The van der Waals surface area contributed by atoms with Crippen LogP contribution >= 0.6 is 11.6 Å². The van der Waals surface area contributed by atoms with Crippen molar-refractivity contribution >= 4 is 28.2 Å². The van der Waals surface area contributed by atoms with Crippen LogP contribution in [0.25, 0.3) is 10.9 Å². The number of rotatable bonds is 8. The molecule has 2 aromatic carbocycles. The van der Waals surface area contributed by atoms with E-state index in [1.165, 1.54) is 5.56 Å². The molecule has 6 rings (SSSR count). The molecule has 0 bridgehead atoms. The molecule has 0 aliphatic carbocycles. The Hall–Kier alpha value is -4.15. The number of ether oxygens (including phenoxy) is 1. The first-order chi connectivity index (χ1) is 19.5. The van der Waals surface area contributed by atoms with E-state index in [0.29, 0.717) is 42.7 Å². The van der Waals surface area contributed by atoms with Gasteiger partial charge >= 0.3 is 0 Å². The molecule has 206 valence electrons. The third-order valence-electron chi connectivity index (χ3n) is 7.33. The van der Waals surface area contributed by atoms with Gasteiger partial charge in [-0.1, -0.05) is 17.7 Å². The highest BCUT2D eigenvalue weighted by Crippen LogP contribution is 2.31. The Bertz CT molecular complexity index is 1670. The fourth-order valence-electron chi connectivity index (χ4n) is 5.37. The number of aromatic nitrogens is 5. The third-order valence-corrected chi connectivity index (χ3v) is 7.57. The van der Waals surface area contributed by atoms with Crippen molar-refractivity contribution in [1.29, 1.82) is 0 Å². The average Bonchev–Trinajstić information content (AvgIpc) is 3.64. The summed E-state index contributed by atoms with van der Waals surface area (Å²) in [6.07, 6.45) is 1.62. The van der Waals surface area contributed by atoms with Crippen LogP contribution in [0.4, 0.5) is 5.69 Å². The van der Waals surface area contributed by atoms with E-state index < -0.39 is 6.04 Å². The first-order valence-corrected chi connectivity index (χ1v) is 13.7. The second-order valence-corrected chi connectivity index (χ2v) is 10.3. The van der Waals surface area contributed by atoms with Gasteiger partial charge in [0.25, 0.3) is 5.56 Å². The molecule has 5 aromatic rings. The molecule has 11 heteroatoms. The molecule has 0 saturated carbocycles. The fourth-order valence-corrected chi connectivity index (χ4v) is 5.54. The van der Waals surface area contributed by atoms with Crippen molar-refractivity contribution in [2.24, 2.45) is 0 Å². The second-order valence-electron chi connectivity index (χ2n) is 9.87. The quantitative estimate of drug-likeness (QED) is 0.298. The monoisotopic (exact) mass is 559 g/mol. The first-order valence-electron chi connectivity index (χ1n) is 13.3. The standard InChI is InChI=1S/C29H30ClN7O3/c1-3-39-22-8-9-25-20(15-22)16-24(29(38)31-25)27(28-32-33-34-37(28)18-23-5-4-14-40-23)36-12-10-35(11-13-36)26-17-21(30)7-6-19(26)2/h4-9,14-17,27H,3,10-13,18H2,1-2H3,(H,31,38)/t27-/m1/s1. The van der Waals surface area contributed by atoms with E-state index in [2.05, 4.69) is 37.2 Å². The van der Waals surface area contributed by atoms with Crippen molar-refractivity contribution < 1.29 is 9.15 Å². The lowest BCUT2D eigenvalue weighted by atomic mass is 10.0. The van der Waals surface area contributed by atoms with Gasteiger partial charge in [0.05, 0.1) is 12.9 Å². The molecule has 0 amide bonds. The summed E-state index contributed by atoms with van der Waals surface area (Å²) in [4.78, 5) is 21.2. The predicted octanol–water partition coefficient (Wildman–Crippen LogP) is 4.43. The van der Waals surface area contributed by atoms with Crippen LogP contribution in [0.3, 0.4) is 0 Å². The number of H-pyrrole nitrogens is 1. The smallest absolute Gasteiger partial charge is 0.253 e. The molecule has 40 heavy (non-hydrogen) atoms. The number of halogens is 1. The highest BCUT2D eigenvalue weighted by molar-refractivity contribution is 6.30. The maximum absolute atomic E-state index is 13.6. The van der Waals surface area contributed by atoms with Gasteiger partial charge in [-0.3, -0.25) is 9.69 Å². The zero-order chi connectivity index (χ0) is 27.6. The lowest BCUT2D eigenvalue weighted by Crippen LogP contribution is -2.49. The number of aryl methyl sites for hydroxylation is 1. The largest absolute Gasteiger partial charge is 0.494 e. The van der Waals surface area contributed by atoms with Crippen molar-refractivity contribution in [3.05, 3.63) is 98.9 Å². The van der Waals surface area contributed by atoms with E-state index in [0.717, 1.165) is 41.2 Å². The molecule has 1 aliphatic rings. The van der Waals surface area contributed by atoms with E-state index >= 15 is 0 Å². The number of nitrogens with one attached hydrogen (secondary N) is 1. The minimum absolute atomic E-state index is 0.178. The number of nitrogens with zero attached hydrogens (tertiary/aromatic N) is 6. The summed E-state index contributed by atoms with van der Waals surface area (Å²) in [5.41, 5.74) is 3.44. The van der Waals surface area contributed by atoms with E-state index in [-0.39, 0.29) is 5.56 Å². The number of pyridine rings is 1. The zero-order valence-corrected chi connectivity index (χ0v) is 23.1. The lowest BCUT2D eigenvalue weighted by molar-refractivity contribution is 0.200. The predicted molar refractivity (Wildman–Crippen MR) is 153 cm³/mol. The summed E-state index contributed by atoms with van der Waals surface area (Å²) in [6, 6.07) is 16.8. The Balaban J connectivity index is 1.39. The Labute approximate surface area is 236 Å². The number of hydrogen-bond acceptors (Lipinski definition) is 8. The van der Waals surface area contributed by atoms with Gasteiger partial charge in [0.15, 0.2) is 5.82 Å². The van der Waals surface area contributed by atoms with Crippen molar-refractivity contribution in [3.8, 4) is 5.75 Å². The highest BCUT2D eigenvalue weighted by atomic mass is 35.5. The SMILES string of the molecule is CCOc1ccc2[nH]c(=O)c([C@H](c3nnnn3Cc3ccco3)N3CCN(c4cc(Cl)ccc4C)CC3)cc2c1. The van der Waals surface area contributed by atoms with Crippen LogP contribution in [0.5, 0.6) is 5.75 Å². The zero-order valence-electron chi connectivity index (χ0n) is 22.4. The van der Waals surface area contributed by atoms with E-state index in [9.17, 15) is 4.79 Å². The molecule has 4 heterocycles. The molecule has 1 aliphatic heterocycles. The summed E-state index contributed by atoms with van der Waals surface area (Å²) >= 11 is 6.32. The molecule has 10 nitrogen and oxygen atoms in total. The van der Waals surface area contributed by atoms with Crippen molar-refractivity contribution in [2.75, 3.05) is 37.7 Å².